The molecule has 2 fully saturated rings. The lowest BCUT2D eigenvalue weighted by Crippen LogP contribution is -2.39. The van der Waals surface area contributed by atoms with E-state index in [0.29, 0.717) is 42.0 Å². The maximum absolute atomic E-state index is 12.3. The molecular formula is C22H31N3O3. The largest absolute Gasteiger partial charge is 0.491 e. The van der Waals surface area contributed by atoms with Crippen LogP contribution in [0.5, 0.6) is 5.75 Å². The van der Waals surface area contributed by atoms with Gasteiger partial charge in [0.2, 0.25) is 0 Å². The highest BCUT2D eigenvalue weighted by Gasteiger charge is 2.41. The van der Waals surface area contributed by atoms with Crippen LogP contribution in [0.3, 0.4) is 0 Å². The van der Waals surface area contributed by atoms with E-state index in [-0.39, 0.29) is 12.0 Å². The molecule has 6 heteroatoms. The number of carbonyl (C=O) groups excluding carboxylic acids is 1. The average Bonchev–Trinajstić information content (AvgIpc) is 3.17. The summed E-state index contributed by atoms with van der Waals surface area (Å²) in [6, 6.07) is 8.99. The number of likely N-dealkylation sites (tertiary alicyclic amines) is 2. The van der Waals surface area contributed by atoms with Gasteiger partial charge in [-0.1, -0.05) is 20.8 Å². The van der Waals surface area contributed by atoms with Gasteiger partial charge in [0.05, 0.1) is 18.2 Å². The Hall–Kier alpha value is -1.94. The Kier molecular flexibility index (Phi) is 6.39. The highest BCUT2D eigenvalue weighted by atomic mass is 16.5. The monoisotopic (exact) mass is 385 g/mol. The summed E-state index contributed by atoms with van der Waals surface area (Å²) in [6.45, 7) is 11.2. The quantitative estimate of drug-likeness (QED) is 0.771. The molecule has 1 aromatic rings. The number of carbonyl (C=O) groups is 1. The van der Waals surface area contributed by atoms with Crippen molar-refractivity contribution in [3.63, 3.8) is 0 Å². The van der Waals surface area contributed by atoms with Crippen LogP contribution in [0, 0.1) is 28.6 Å². The fourth-order valence-electron chi connectivity index (χ4n) is 4.07. The molecule has 1 N–H and O–H groups in total. The lowest BCUT2D eigenvalue weighted by Gasteiger charge is -2.25. The van der Waals surface area contributed by atoms with Gasteiger partial charge in [-0.3, -0.25) is 14.6 Å². The highest BCUT2D eigenvalue weighted by Crippen LogP contribution is 2.31. The van der Waals surface area contributed by atoms with Gasteiger partial charge in [0.15, 0.2) is 5.78 Å². The number of aliphatic hydroxyl groups excluding tert-OH is 1. The zero-order valence-corrected chi connectivity index (χ0v) is 17.1. The lowest BCUT2D eigenvalue weighted by atomic mass is 9.90. The van der Waals surface area contributed by atoms with Crippen LogP contribution in [0.2, 0.25) is 0 Å². The molecule has 0 radical (unpaired) electrons. The summed E-state index contributed by atoms with van der Waals surface area (Å²) in [5.41, 5.74) is 0.317. The fraction of sp³-hybridized carbons (Fsp3) is 0.636. The SMILES string of the molecule is CC(C)(C)C(=O)CN1CC2CN(C[C@H](O)COc3ccc(C#N)cc3)CC2C1. The standard InChI is InChI=1S/C22H31N3O3/c1-22(2,3)21(27)14-25-11-17-9-24(10-18(17)12-25)13-19(26)15-28-20-6-4-16(8-23)5-7-20/h4-7,17-19,26H,9-15H2,1-3H3/t17?,18?,19-/m0/s1. The van der Waals surface area contributed by atoms with Gasteiger partial charge < -0.3 is 9.84 Å². The highest BCUT2D eigenvalue weighted by molar-refractivity contribution is 5.85. The number of hydrogen-bond donors (Lipinski definition) is 1. The van der Waals surface area contributed by atoms with Crippen LogP contribution >= 0.6 is 0 Å². The molecular weight excluding hydrogens is 354 g/mol. The minimum atomic E-state index is -0.548. The van der Waals surface area contributed by atoms with Crippen molar-refractivity contribution in [3.8, 4) is 11.8 Å². The van der Waals surface area contributed by atoms with E-state index in [1.807, 2.05) is 20.8 Å². The maximum atomic E-state index is 12.3. The summed E-state index contributed by atoms with van der Waals surface area (Å²) >= 11 is 0. The van der Waals surface area contributed by atoms with Gasteiger partial charge >= 0.3 is 0 Å². The zero-order chi connectivity index (χ0) is 20.3. The van der Waals surface area contributed by atoms with E-state index in [1.54, 1.807) is 24.3 Å². The summed E-state index contributed by atoms with van der Waals surface area (Å²) in [5.74, 6) is 2.13. The number of rotatable bonds is 7. The van der Waals surface area contributed by atoms with Crippen molar-refractivity contribution in [2.24, 2.45) is 17.3 Å². The van der Waals surface area contributed by atoms with E-state index in [1.165, 1.54) is 0 Å². The van der Waals surface area contributed by atoms with E-state index in [9.17, 15) is 9.90 Å². The van der Waals surface area contributed by atoms with Crippen molar-refractivity contribution in [2.45, 2.75) is 26.9 Å². The van der Waals surface area contributed by atoms with E-state index in [2.05, 4.69) is 15.9 Å². The first kappa shape index (κ1) is 20.8. The molecule has 2 aliphatic heterocycles. The van der Waals surface area contributed by atoms with Crippen LogP contribution in [0.25, 0.3) is 0 Å². The zero-order valence-electron chi connectivity index (χ0n) is 17.1. The van der Waals surface area contributed by atoms with Crippen molar-refractivity contribution in [3.05, 3.63) is 29.8 Å². The second kappa shape index (κ2) is 8.60. The molecule has 2 aliphatic rings. The number of nitriles is 1. The molecule has 2 heterocycles. The third kappa shape index (κ3) is 5.32. The van der Waals surface area contributed by atoms with E-state index in [4.69, 9.17) is 10.00 Å². The van der Waals surface area contributed by atoms with Crippen molar-refractivity contribution in [1.29, 1.82) is 5.26 Å². The molecule has 2 unspecified atom stereocenters. The van der Waals surface area contributed by atoms with Crippen LogP contribution in [0.4, 0.5) is 0 Å². The van der Waals surface area contributed by atoms with Gasteiger partial charge in [-0.25, -0.2) is 0 Å². The third-order valence-electron chi connectivity index (χ3n) is 5.74. The topological polar surface area (TPSA) is 76.8 Å². The Morgan fingerprint density at radius 2 is 1.75 bits per heavy atom. The van der Waals surface area contributed by atoms with Gasteiger partial charge in [0.25, 0.3) is 0 Å². The molecule has 3 rings (SSSR count). The van der Waals surface area contributed by atoms with Crippen LogP contribution in [-0.4, -0.2) is 72.7 Å². The third-order valence-corrected chi connectivity index (χ3v) is 5.74. The van der Waals surface area contributed by atoms with Crippen molar-refractivity contribution >= 4 is 5.78 Å². The number of fused-ring (bicyclic) bond motifs is 1. The van der Waals surface area contributed by atoms with Crippen molar-refractivity contribution in [2.75, 3.05) is 45.9 Å². The number of hydrogen-bond acceptors (Lipinski definition) is 6. The number of aliphatic hydroxyl groups is 1. The predicted octanol–water partition coefficient (Wildman–Crippen LogP) is 1.78. The number of nitrogens with zero attached hydrogens (tertiary/aromatic N) is 3. The normalized spacial score (nSPS) is 24.0. The average molecular weight is 386 g/mol. The molecule has 152 valence electrons. The molecule has 3 atom stereocenters. The molecule has 0 amide bonds. The van der Waals surface area contributed by atoms with E-state index < -0.39 is 6.10 Å². The van der Waals surface area contributed by atoms with Gasteiger partial charge in [-0.2, -0.15) is 5.26 Å². The Morgan fingerprint density at radius 1 is 1.18 bits per heavy atom. The molecule has 0 aliphatic carbocycles. The first-order valence-corrected chi connectivity index (χ1v) is 10.0. The molecule has 28 heavy (non-hydrogen) atoms. The minimum absolute atomic E-state index is 0.240. The summed E-state index contributed by atoms with van der Waals surface area (Å²) < 4.78 is 5.63. The first-order valence-electron chi connectivity index (χ1n) is 10.0. The molecule has 0 bridgehead atoms. The Labute approximate surface area is 167 Å². The number of benzene rings is 1. The molecule has 2 saturated heterocycles. The summed E-state index contributed by atoms with van der Waals surface area (Å²) in [4.78, 5) is 16.9. The van der Waals surface area contributed by atoms with Gasteiger partial charge in [0, 0.05) is 38.1 Å². The molecule has 6 nitrogen and oxygen atoms in total. The second-order valence-electron chi connectivity index (χ2n) is 9.21. The van der Waals surface area contributed by atoms with E-state index in [0.717, 1.165) is 26.2 Å². The number of β-amino-alcohol motifs (C(OH)–C–C–N with tert-alkyl or cyclic N) is 1. The number of Topliss-reactive ketones (excluding diaryl/α,β-unsaturated/α-hetero) is 1. The van der Waals surface area contributed by atoms with Crippen LogP contribution in [-0.2, 0) is 4.79 Å². The number of ketones is 1. The molecule has 0 spiro atoms. The van der Waals surface area contributed by atoms with Crippen molar-refractivity contribution < 1.29 is 14.6 Å². The van der Waals surface area contributed by atoms with Gasteiger partial charge in [0.1, 0.15) is 18.5 Å². The maximum Gasteiger partial charge on any atom is 0.152 e. The first-order chi connectivity index (χ1) is 13.2. The van der Waals surface area contributed by atoms with Gasteiger partial charge in [-0.15, -0.1) is 0 Å². The summed E-state index contributed by atoms with van der Waals surface area (Å²) in [7, 11) is 0. The van der Waals surface area contributed by atoms with Crippen LogP contribution < -0.4 is 4.74 Å². The molecule has 0 aromatic heterocycles. The number of ether oxygens (including phenoxy) is 1. The minimum Gasteiger partial charge on any atom is -0.491 e. The Morgan fingerprint density at radius 3 is 2.29 bits per heavy atom. The van der Waals surface area contributed by atoms with E-state index >= 15 is 0 Å². The van der Waals surface area contributed by atoms with Crippen LogP contribution in [0.1, 0.15) is 26.3 Å². The Balaban J connectivity index is 1.39. The Bertz CT molecular complexity index is 706. The van der Waals surface area contributed by atoms with Gasteiger partial charge in [-0.05, 0) is 36.1 Å². The molecule has 0 saturated carbocycles. The summed E-state index contributed by atoms with van der Waals surface area (Å²) in [6.07, 6.45) is -0.548. The van der Waals surface area contributed by atoms with Crippen LogP contribution in [0.15, 0.2) is 24.3 Å². The predicted molar refractivity (Wildman–Crippen MR) is 107 cm³/mol. The fourth-order valence-corrected chi connectivity index (χ4v) is 4.07. The molecule has 1 aromatic carbocycles. The second-order valence-corrected chi connectivity index (χ2v) is 9.21. The summed E-state index contributed by atoms with van der Waals surface area (Å²) in [5, 5.41) is 19.1. The lowest BCUT2D eigenvalue weighted by molar-refractivity contribution is -0.127. The smallest absolute Gasteiger partial charge is 0.152 e. The van der Waals surface area contributed by atoms with Crippen molar-refractivity contribution in [1.82, 2.24) is 9.80 Å².